The van der Waals surface area contributed by atoms with Crippen LogP contribution in [0.2, 0.25) is 0 Å². The number of ether oxygens (including phenoxy) is 1. The van der Waals surface area contributed by atoms with E-state index in [4.69, 9.17) is 4.74 Å². The molecule has 1 aliphatic rings. The Morgan fingerprint density at radius 3 is 2.75 bits per heavy atom. The quantitative estimate of drug-likeness (QED) is 0.880. The second-order valence-electron chi connectivity index (χ2n) is 5.69. The van der Waals surface area contributed by atoms with Gasteiger partial charge in [-0.1, -0.05) is 12.1 Å². The van der Waals surface area contributed by atoms with Crippen molar-refractivity contribution in [2.75, 3.05) is 12.4 Å². The van der Waals surface area contributed by atoms with Gasteiger partial charge >= 0.3 is 5.97 Å². The molecule has 0 aliphatic heterocycles. The number of fused-ring (bicyclic) bond motifs is 1. The topological polar surface area (TPSA) is 68.3 Å². The van der Waals surface area contributed by atoms with E-state index in [-0.39, 0.29) is 11.9 Å². The molecule has 122 valence electrons. The van der Waals surface area contributed by atoms with Crippen LogP contribution in [0.3, 0.4) is 0 Å². The molecule has 0 atom stereocenters. The zero-order chi connectivity index (χ0) is 17.1. The van der Waals surface area contributed by atoms with Crippen LogP contribution >= 0.6 is 0 Å². The lowest BCUT2D eigenvalue weighted by molar-refractivity contribution is -0.114. The number of nitrogens with zero attached hydrogens (tertiary/aromatic N) is 1. The Morgan fingerprint density at radius 1 is 1.17 bits per heavy atom. The van der Waals surface area contributed by atoms with Gasteiger partial charge in [-0.05, 0) is 59.4 Å². The number of hydrogen-bond acceptors (Lipinski definition) is 4. The summed E-state index contributed by atoms with van der Waals surface area (Å²) in [5.41, 5.74) is 4.95. The third-order valence-corrected chi connectivity index (χ3v) is 4.00. The van der Waals surface area contributed by atoms with Gasteiger partial charge in [0, 0.05) is 13.1 Å². The van der Waals surface area contributed by atoms with Gasteiger partial charge in [0.15, 0.2) is 0 Å². The Morgan fingerprint density at radius 2 is 2.00 bits per heavy atom. The summed E-state index contributed by atoms with van der Waals surface area (Å²) < 4.78 is 4.78. The predicted molar refractivity (Wildman–Crippen MR) is 92.5 cm³/mol. The number of pyridine rings is 1. The molecule has 0 unspecified atom stereocenters. The number of amides is 1. The summed E-state index contributed by atoms with van der Waals surface area (Å²) in [5.74, 6) is 0.0514. The first kappa shape index (κ1) is 15.9. The number of carbonyl (C=O) groups is 2. The molecule has 1 aromatic heterocycles. The Hall–Kier alpha value is -2.95. The smallest absolute Gasteiger partial charge is 0.337 e. The summed E-state index contributed by atoms with van der Waals surface area (Å²) in [7, 11) is 1.38. The van der Waals surface area contributed by atoms with Gasteiger partial charge in [-0.15, -0.1) is 0 Å². The second kappa shape index (κ2) is 6.66. The Balaban J connectivity index is 1.95. The molecule has 3 rings (SSSR count). The van der Waals surface area contributed by atoms with Crippen LogP contribution in [0, 0.1) is 0 Å². The highest BCUT2D eigenvalue weighted by Gasteiger charge is 2.15. The molecule has 5 nitrogen and oxygen atoms in total. The first-order valence-electron chi connectivity index (χ1n) is 7.72. The van der Waals surface area contributed by atoms with Crippen molar-refractivity contribution in [2.24, 2.45) is 0 Å². The predicted octanol–water partition coefficient (Wildman–Crippen LogP) is 3.31. The van der Waals surface area contributed by atoms with E-state index in [1.54, 1.807) is 12.3 Å². The van der Waals surface area contributed by atoms with Crippen LogP contribution in [0.5, 0.6) is 0 Å². The number of aromatic nitrogens is 1. The highest BCUT2D eigenvalue weighted by molar-refractivity contribution is 5.93. The Labute approximate surface area is 140 Å². The van der Waals surface area contributed by atoms with Crippen LogP contribution in [0.15, 0.2) is 36.5 Å². The van der Waals surface area contributed by atoms with Crippen LogP contribution in [0.1, 0.15) is 40.4 Å². The van der Waals surface area contributed by atoms with Gasteiger partial charge in [0.2, 0.25) is 5.91 Å². The molecule has 1 amide bonds. The molecule has 0 bridgehead atoms. The van der Waals surface area contributed by atoms with Gasteiger partial charge in [0.05, 0.1) is 12.7 Å². The number of methoxy groups -OCH3 is 1. The van der Waals surface area contributed by atoms with Crippen molar-refractivity contribution in [3.05, 3.63) is 58.8 Å². The molecule has 5 heteroatoms. The third-order valence-electron chi connectivity index (χ3n) is 4.00. The van der Waals surface area contributed by atoms with Crippen molar-refractivity contribution in [3.63, 3.8) is 0 Å². The molecule has 0 saturated carbocycles. The van der Waals surface area contributed by atoms with Crippen molar-refractivity contribution < 1.29 is 14.3 Å². The molecule has 1 aromatic carbocycles. The maximum Gasteiger partial charge on any atom is 0.337 e. The fourth-order valence-corrected chi connectivity index (χ4v) is 2.84. The highest BCUT2D eigenvalue weighted by Crippen LogP contribution is 2.31. The van der Waals surface area contributed by atoms with Crippen LogP contribution in [-0.2, 0) is 16.0 Å². The molecule has 0 fully saturated rings. The first-order valence-corrected chi connectivity index (χ1v) is 7.72. The summed E-state index contributed by atoms with van der Waals surface area (Å²) in [6, 6.07) is 9.42. The van der Waals surface area contributed by atoms with Crippen LogP contribution in [0.25, 0.3) is 11.6 Å². The summed E-state index contributed by atoms with van der Waals surface area (Å²) in [4.78, 5) is 27.0. The highest BCUT2D eigenvalue weighted by atomic mass is 16.5. The maximum atomic E-state index is 11.7. The molecular weight excluding hydrogens is 304 g/mol. The van der Waals surface area contributed by atoms with Crippen molar-refractivity contribution in [1.82, 2.24) is 4.98 Å². The maximum absolute atomic E-state index is 11.7. The number of hydrogen-bond donors (Lipinski definition) is 1. The first-order chi connectivity index (χ1) is 11.6. The molecule has 2 aromatic rings. The largest absolute Gasteiger partial charge is 0.465 e. The Bertz CT molecular complexity index is 840. The third kappa shape index (κ3) is 3.35. The van der Waals surface area contributed by atoms with E-state index in [2.05, 4.69) is 16.4 Å². The molecule has 0 radical (unpaired) electrons. The average Bonchev–Trinajstić information content (AvgIpc) is 2.59. The van der Waals surface area contributed by atoms with Gasteiger partial charge < -0.3 is 10.1 Å². The Kier molecular flexibility index (Phi) is 4.42. The summed E-state index contributed by atoms with van der Waals surface area (Å²) in [5, 5.41) is 2.70. The summed E-state index contributed by atoms with van der Waals surface area (Å²) in [6.07, 6.45) is 5.56. The molecule has 1 aliphatic carbocycles. The number of esters is 1. The standard InChI is InChI=1S/C19H18N2O3/c1-12(22)21-18-11-15(7-8-20-18)14-5-3-13-4-6-16(19(23)24-2)10-17(13)9-14/h4,6-11H,3,5H2,1-2H3,(H,20,21,22). The van der Waals surface area contributed by atoms with E-state index >= 15 is 0 Å². The molecule has 0 spiro atoms. The van der Waals surface area contributed by atoms with Gasteiger partial charge in [-0.25, -0.2) is 9.78 Å². The van der Waals surface area contributed by atoms with Crippen LogP contribution in [-0.4, -0.2) is 24.0 Å². The minimum atomic E-state index is -0.338. The van der Waals surface area contributed by atoms with E-state index in [0.29, 0.717) is 11.4 Å². The van der Waals surface area contributed by atoms with E-state index in [1.165, 1.54) is 19.6 Å². The fraction of sp³-hybridized carbons (Fsp3) is 0.211. The number of allylic oxidation sites excluding steroid dienone is 1. The minimum absolute atomic E-state index is 0.148. The monoisotopic (exact) mass is 322 g/mol. The zero-order valence-electron chi connectivity index (χ0n) is 13.6. The van der Waals surface area contributed by atoms with Gasteiger partial charge in [0.1, 0.15) is 5.82 Å². The van der Waals surface area contributed by atoms with E-state index < -0.39 is 0 Å². The molecule has 24 heavy (non-hydrogen) atoms. The lowest BCUT2D eigenvalue weighted by atomic mass is 9.88. The van der Waals surface area contributed by atoms with Crippen LogP contribution in [0.4, 0.5) is 5.82 Å². The van der Waals surface area contributed by atoms with Crippen molar-refractivity contribution >= 4 is 29.3 Å². The SMILES string of the molecule is COC(=O)c1ccc2c(c1)C=C(c1ccnc(NC(C)=O)c1)CC2. The lowest BCUT2D eigenvalue weighted by Crippen LogP contribution is -2.08. The molecular formula is C19H18N2O3. The molecule has 0 saturated heterocycles. The van der Waals surface area contributed by atoms with Crippen molar-refractivity contribution in [1.29, 1.82) is 0 Å². The van der Waals surface area contributed by atoms with Gasteiger partial charge in [-0.2, -0.15) is 0 Å². The summed E-state index contributed by atoms with van der Waals surface area (Å²) >= 11 is 0. The zero-order valence-corrected chi connectivity index (χ0v) is 13.6. The minimum Gasteiger partial charge on any atom is -0.465 e. The average molecular weight is 322 g/mol. The second-order valence-corrected chi connectivity index (χ2v) is 5.69. The van der Waals surface area contributed by atoms with Gasteiger partial charge in [-0.3, -0.25) is 4.79 Å². The molecule has 1 heterocycles. The fourth-order valence-electron chi connectivity index (χ4n) is 2.84. The van der Waals surface area contributed by atoms with Crippen molar-refractivity contribution in [2.45, 2.75) is 19.8 Å². The van der Waals surface area contributed by atoms with E-state index in [0.717, 1.165) is 29.5 Å². The number of nitrogens with one attached hydrogen (secondary N) is 1. The summed E-state index contributed by atoms with van der Waals surface area (Å²) in [6.45, 7) is 1.46. The van der Waals surface area contributed by atoms with E-state index in [1.807, 2.05) is 24.3 Å². The lowest BCUT2D eigenvalue weighted by Gasteiger charge is -2.18. The number of rotatable bonds is 3. The van der Waals surface area contributed by atoms with Crippen molar-refractivity contribution in [3.8, 4) is 0 Å². The number of benzene rings is 1. The number of anilines is 1. The van der Waals surface area contributed by atoms with E-state index in [9.17, 15) is 9.59 Å². The van der Waals surface area contributed by atoms with Gasteiger partial charge in [0.25, 0.3) is 0 Å². The van der Waals surface area contributed by atoms with Crippen LogP contribution < -0.4 is 5.32 Å². The number of aryl methyl sites for hydroxylation is 1. The molecule has 1 N–H and O–H groups in total. The number of carbonyl (C=O) groups excluding carboxylic acids is 2. The normalized spacial score (nSPS) is 12.8.